The molecule has 252 valence electrons. The first-order valence-corrected chi connectivity index (χ1v) is 18.4. The highest BCUT2D eigenvalue weighted by Crippen LogP contribution is 2.48. The van der Waals surface area contributed by atoms with Gasteiger partial charge in [0.25, 0.3) is 0 Å². The molecule has 0 bridgehead atoms. The third-order valence-corrected chi connectivity index (χ3v) is 13.5. The van der Waals surface area contributed by atoms with E-state index in [1.54, 1.807) is 0 Å². The van der Waals surface area contributed by atoms with Crippen LogP contribution in [0.25, 0.3) is 0 Å². The van der Waals surface area contributed by atoms with Crippen LogP contribution in [0.1, 0.15) is 60.5 Å². The summed E-state index contributed by atoms with van der Waals surface area (Å²) in [6.45, 7) is 16.4. The molecule has 0 aromatic heterocycles. The normalized spacial score (nSPS) is 23.2. The van der Waals surface area contributed by atoms with Crippen LogP contribution in [0.2, 0.25) is 18.1 Å². The van der Waals surface area contributed by atoms with Gasteiger partial charge >= 0.3 is 23.9 Å². The number of rotatable bonds is 12. The predicted molar refractivity (Wildman–Crippen MR) is 169 cm³/mol. The van der Waals surface area contributed by atoms with E-state index < -0.39 is 80.1 Å². The van der Waals surface area contributed by atoms with Crippen LogP contribution in [-0.2, 0) is 52.1 Å². The lowest BCUT2D eigenvalue weighted by atomic mass is 9.89. The molecule has 12 nitrogen and oxygen atoms in total. The maximum absolute atomic E-state index is 13.8. The van der Waals surface area contributed by atoms with E-state index in [0.717, 1.165) is 31.2 Å². The second kappa shape index (κ2) is 15.6. The Bertz CT molecular complexity index is 1230. The molecule has 14 heteroatoms. The Balaban J connectivity index is 2.88. The van der Waals surface area contributed by atoms with E-state index >= 15 is 0 Å². The highest BCUT2D eigenvalue weighted by molar-refractivity contribution is 8.01. The van der Waals surface area contributed by atoms with Crippen LogP contribution in [0.4, 0.5) is 0 Å². The molecule has 1 aliphatic heterocycles. The van der Waals surface area contributed by atoms with Gasteiger partial charge in [-0.3, -0.25) is 19.2 Å². The molecule has 0 saturated carbocycles. The molecule has 0 radical (unpaired) electrons. The summed E-state index contributed by atoms with van der Waals surface area (Å²) in [5.74, 6) is -3.38. The molecule has 1 N–H and O–H groups in total. The minimum atomic E-state index is -2.60. The van der Waals surface area contributed by atoms with E-state index in [2.05, 4.69) is 26.1 Å². The minimum absolute atomic E-state index is 0.0544. The second-order valence-corrected chi connectivity index (χ2v) is 18.7. The number of carbonyl (C=O) groups is 5. The summed E-state index contributed by atoms with van der Waals surface area (Å²) in [6, 6.07) is 6.42. The zero-order valence-electron chi connectivity index (χ0n) is 28.0. The molecule has 2 rings (SSSR count). The van der Waals surface area contributed by atoms with E-state index in [4.69, 9.17) is 28.1 Å². The van der Waals surface area contributed by atoms with Crippen molar-refractivity contribution in [1.82, 2.24) is 5.32 Å². The maximum atomic E-state index is 13.8. The number of esters is 4. The first-order valence-electron chi connectivity index (χ1n) is 14.7. The van der Waals surface area contributed by atoms with Gasteiger partial charge in [-0.05, 0) is 37.2 Å². The number of hydrogen-bond acceptors (Lipinski definition) is 12. The fourth-order valence-corrected chi connectivity index (χ4v) is 7.21. The summed E-state index contributed by atoms with van der Waals surface area (Å²) >= 11 is 1.09. The Labute approximate surface area is 270 Å². The van der Waals surface area contributed by atoms with E-state index in [0.29, 0.717) is 4.90 Å². The fraction of sp³-hybridized carbons (Fsp3) is 0.645. The van der Waals surface area contributed by atoms with Crippen LogP contribution in [0.15, 0.2) is 29.2 Å². The van der Waals surface area contributed by atoms with E-state index in [9.17, 15) is 24.0 Å². The quantitative estimate of drug-likeness (QED) is 0.194. The van der Waals surface area contributed by atoms with Gasteiger partial charge in [0.1, 0.15) is 12.7 Å². The Morgan fingerprint density at radius 1 is 1.00 bits per heavy atom. The third kappa shape index (κ3) is 10.5. The van der Waals surface area contributed by atoms with Crippen molar-refractivity contribution in [3.63, 3.8) is 0 Å². The molecule has 1 aliphatic rings. The van der Waals surface area contributed by atoms with Crippen molar-refractivity contribution in [2.45, 2.75) is 120 Å². The first kappa shape index (κ1) is 38.2. The first-order chi connectivity index (χ1) is 20.7. The number of nitrogens with one attached hydrogen (secondary N) is 1. The van der Waals surface area contributed by atoms with Gasteiger partial charge in [0, 0.05) is 39.0 Å². The highest BCUT2D eigenvalue weighted by Gasteiger charge is 2.59. The molecule has 1 fully saturated rings. The summed E-state index contributed by atoms with van der Waals surface area (Å²) in [4.78, 5) is 61.9. The average molecular weight is 670 g/mol. The lowest BCUT2D eigenvalue weighted by Crippen LogP contribution is -2.69. The van der Waals surface area contributed by atoms with Gasteiger partial charge < -0.3 is 33.4 Å². The molecular formula is C31H47NO11SSi. The van der Waals surface area contributed by atoms with Gasteiger partial charge in [0.05, 0.1) is 19.3 Å². The molecule has 1 heterocycles. The molecule has 1 aromatic rings. The topological polar surface area (TPSA) is 153 Å². The summed E-state index contributed by atoms with van der Waals surface area (Å²) < 4.78 is 35.2. The fourth-order valence-electron chi connectivity index (χ4n) is 4.64. The number of benzene rings is 1. The molecule has 1 aromatic carbocycles. The summed E-state index contributed by atoms with van der Waals surface area (Å²) in [5, 5.41) is 2.61. The van der Waals surface area contributed by atoms with Gasteiger partial charge in [-0.15, -0.1) is 0 Å². The van der Waals surface area contributed by atoms with Crippen LogP contribution in [0, 0.1) is 6.92 Å². The predicted octanol–water partition coefficient (Wildman–Crippen LogP) is 4.07. The molecule has 0 spiro atoms. The molecular weight excluding hydrogens is 622 g/mol. The monoisotopic (exact) mass is 669 g/mol. The number of aryl methyl sites for hydroxylation is 1. The molecule has 1 amide bonds. The second-order valence-electron chi connectivity index (χ2n) is 12.6. The Morgan fingerprint density at radius 3 is 2.04 bits per heavy atom. The van der Waals surface area contributed by atoms with Crippen molar-refractivity contribution in [2.75, 3.05) is 13.7 Å². The Kier molecular flexibility index (Phi) is 13.2. The number of methoxy groups -OCH3 is 1. The third-order valence-electron chi connectivity index (χ3n) is 7.73. The maximum Gasteiger partial charge on any atom is 0.349 e. The standard InChI is InChI=1S/C31H47NO11SSi/c1-18-12-14-23(15-13-18)44-31(29(37)38-9)16-24(43-45(10,11)30(6,7)8)26(32-19(2)33)28(42-31)27(41-22(5)36)25(40-21(4)35)17-39-20(3)34/h12-15,24-28H,16-17H2,1-11H3,(H,32,33)/t24-,25+,26+,27+,28+,31+/m0/s1. The number of carbonyl (C=O) groups excluding carboxylic acids is 5. The van der Waals surface area contributed by atoms with Gasteiger partial charge in [-0.1, -0.05) is 50.2 Å². The zero-order chi connectivity index (χ0) is 34.3. The smallest absolute Gasteiger partial charge is 0.349 e. The van der Waals surface area contributed by atoms with Crippen LogP contribution in [-0.4, -0.2) is 87.2 Å². The minimum Gasteiger partial charge on any atom is -0.466 e. The van der Waals surface area contributed by atoms with E-state index in [-0.39, 0.29) is 11.5 Å². The molecule has 1 saturated heterocycles. The van der Waals surface area contributed by atoms with Gasteiger partial charge in [-0.25, -0.2) is 4.79 Å². The van der Waals surface area contributed by atoms with Crippen LogP contribution in [0.3, 0.4) is 0 Å². The van der Waals surface area contributed by atoms with Crippen molar-refractivity contribution >= 4 is 49.9 Å². The molecule has 6 atom stereocenters. The Hall–Kier alpha value is -2.94. The number of ether oxygens (including phenoxy) is 5. The number of thioether (sulfide) groups is 1. The van der Waals surface area contributed by atoms with Gasteiger partial charge in [-0.2, -0.15) is 0 Å². The lowest BCUT2D eigenvalue weighted by molar-refractivity contribution is -0.219. The number of hydrogen-bond donors (Lipinski definition) is 1. The van der Waals surface area contributed by atoms with Crippen molar-refractivity contribution in [3.05, 3.63) is 29.8 Å². The molecule has 0 aliphatic carbocycles. The van der Waals surface area contributed by atoms with Gasteiger partial charge in [0.15, 0.2) is 20.5 Å². The molecule has 0 unspecified atom stereocenters. The van der Waals surface area contributed by atoms with Crippen LogP contribution < -0.4 is 5.32 Å². The lowest BCUT2D eigenvalue weighted by Gasteiger charge is -2.51. The summed E-state index contributed by atoms with van der Waals surface area (Å²) in [7, 11) is -1.37. The van der Waals surface area contributed by atoms with Crippen LogP contribution >= 0.6 is 11.8 Å². The number of amides is 1. The van der Waals surface area contributed by atoms with Crippen molar-refractivity contribution < 1.29 is 52.1 Å². The summed E-state index contributed by atoms with van der Waals surface area (Å²) in [6.07, 6.45) is -5.10. The molecule has 45 heavy (non-hydrogen) atoms. The van der Waals surface area contributed by atoms with Gasteiger partial charge in [0.2, 0.25) is 10.8 Å². The van der Waals surface area contributed by atoms with E-state index in [1.165, 1.54) is 21.0 Å². The average Bonchev–Trinajstić information content (AvgIpc) is 2.90. The SMILES string of the molecule is COC(=O)[C@]1(Sc2ccc(C)cc2)C[C@H](O[Si](C)(C)C(C)(C)C)[C@@H](NC(C)=O)[C@H]([C@H](OC(C)=O)[C@@H](COC(C)=O)OC(C)=O)O1. The van der Waals surface area contributed by atoms with Crippen molar-refractivity contribution in [3.8, 4) is 0 Å². The van der Waals surface area contributed by atoms with E-state index in [1.807, 2.05) is 44.3 Å². The van der Waals surface area contributed by atoms with Crippen molar-refractivity contribution in [1.29, 1.82) is 0 Å². The highest BCUT2D eigenvalue weighted by atomic mass is 32.2. The summed E-state index contributed by atoms with van der Waals surface area (Å²) in [5.41, 5.74) is 1.00. The Morgan fingerprint density at radius 2 is 1.58 bits per heavy atom. The zero-order valence-corrected chi connectivity index (χ0v) is 29.8. The largest absolute Gasteiger partial charge is 0.466 e. The van der Waals surface area contributed by atoms with Crippen LogP contribution in [0.5, 0.6) is 0 Å². The van der Waals surface area contributed by atoms with Crippen molar-refractivity contribution in [2.24, 2.45) is 0 Å².